The van der Waals surface area contributed by atoms with Gasteiger partial charge in [-0.15, -0.1) is 0 Å². The molecule has 0 bridgehead atoms. The van der Waals surface area contributed by atoms with Gasteiger partial charge in [0.25, 0.3) is 0 Å². The van der Waals surface area contributed by atoms with Gasteiger partial charge in [0.2, 0.25) is 0 Å². The molecule has 554 valence electrons. The van der Waals surface area contributed by atoms with E-state index in [1.807, 2.05) is 6.07 Å². The van der Waals surface area contributed by atoms with Crippen molar-refractivity contribution >= 4 is 11.5 Å². The minimum Gasteiger partial charge on any atom is -0.504 e. The molecule has 0 spiro atoms. The molecule has 1 aromatic carbocycles. The van der Waals surface area contributed by atoms with Gasteiger partial charge in [-0.2, -0.15) is 0 Å². The number of benzene rings is 1. The van der Waals surface area contributed by atoms with Crippen molar-refractivity contribution in [2.75, 3.05) is 0 Å². The Morgan fingerprint density at radius 2 is 0.521 bits per heavy atom. The first-order valence-electron chi connectivity index (χ1n) is 43.9. The number of hydrogen-bond donors (Lipinski definition) is 2. The number of ether oxygens (including phenoxy) is 1. The van der Waals surface area contributed by atoms with Crippen LogP contribution in [0.4, 0.5) is 0 Å². The van der Waals surface area contributed by atoms with Crippen LogP contribution in [-0.2, 0) is 11.2 Å². The van der Waals surface area contributed by atoms with Crippen LogP contribution in [-0.4, -0.2) is 22.3 Å². The van der Waals surface area contributed by atoms with E-state index < -0.39 is 5.97 Å². The third-order valence-electron chi connectivity index (χ3n) is 21.6. The predicted octanol–water partition coefficient (Wildman–Crippen LogP) is 32.5. The fourth-order valence-electron chi connectivity index (χ4n) is 15.2. The highest BCUT2D eigenvalue weighted by Crippen LogP contribution is 2.42. The highest BCUT2D eigenvalue weighted by Gasteiger charge is 2.24. The topological polar surface area (TPSA) is 66.8 Å². The number of hydrogen-bond acceptors (Lipinski definition) is 3. The molecule has 94 heavy (non-hydrogen) atoms. The molecule has 0 aromatic heterocycles. The third kappa shape index (κ3) is 57.9. The number of aliphatic carboxylic acids is 1. The van der Waals surface area contributed by atoms with Crippen molar-refractivity contribution in [1.29, 1.82) is 0 Å². The van der Waals surface area contributed by atoms with E-state index in [1.54, 1.807) is 0 Å². The molecule has 0 fully saturated rings. The zero-order valence-corrected chi connectivity index (χ0v) is 65.0. The molecule has 0 unspecified atom stereocenters. The Morgan fingerprint density at radius 1 is 0.298 bits per heavy atom. The molecule has 0 amide bonds. The van der Waals surface area contributed by atoms with Gasteiger partial charge in [0.1, 0.15) is 0 Å². The Morgan fingerprint density at radius 3 is 0.777 bits per heavy atom. The van der Waals surface area contributed by atoms with Crippen LogP contribution in [0.1, 0.15) is 521 Å². The maximum Gasteiger partial charge on any atom is 0.331 e. The van der Waals surface area contributed by atoms with E-state index in [0.29, 0.717) is 17.7 Å². The smallest absolute Gasteiger partial charge is 0.331 e. The zero-order chi connectivity index (χ0) is 67.8. The molecule has 0 aliphatic heterocycles. The average molecular weight is 1320 g/mol. The molecule has 0 heterocycles. The highest BCUT2D eigenvalue weighted by atomic mass is 16.5. The van der Waals surface area contributed by atoms with Crippen molar-refractivity contribution in [3.05, 3.63) is 28.8 Å². The second kappa shape index (κ2) is 73.7. The first kappa shape index (κ1) is 90.0. The lowest BCUT2D eigenvalue weighted by Crippen LogP contribution is -2.18. The van der Waals surface area contributed by atoms with Gasteiger partial charge in [-0.25, -0.2) is 4.79 Å². The minimum absolute atomic E-state index is 0.0543. The average Bonchev–Trinajstić information content (AvgIpc) is 0.797. The molecule has 4 heteroatoms. The Labute approximate surface area is 590 Å². The fourth-order valence-corrected chi connectivity index (χ4v) is 15.2. The van der Waals surface area contributed by atoms with Gasteiger partial charge in [0, 0.05) is 11.1 Å². The summed E-state index contributed by atoms with van der Waals surface area (Å²) in [6.45, 7) is 11.5. The summed E-state index contributed by atoms with van der Waals surface area (Å²) < 4.78 is 7.40. The van der Waals surface area contributed by atoms with E-state index in [1.165, 1.54) is 411 Å². The maximum atomic E-state index is 13.9. The van der Waals surface area contributed by atoms with Crippen molar-refractivity contribution in [2.24, 2.45) is 0 Å². The van der Waals surface area contributed by atoms with Crippen LogP contribution in [0.5, 0.6) is 11.5 Å². The lowest BCUT2D eigenvalue weighted by Gasteiger charge is -2.25. The lowest BCUT2D eigenvalue weighted by molar-refractivity contribution is -0.132. The van der Waals surface area contributed by atoms with Crippen LogP contribution in [0, 0.1) is 0 Å². The summed E-state index contributed by atoms with van der Waals surface area (Å²) in [7, 11) is 0. The van der Waals surface area contributed by atoms with E-state index in [9.17, 15) is 15.0 Å². The fraction of sp³-hybridized carbons (Fsp3) is 0.900. The number of carboxylic acids is 1. The van der Waals surface area contributed by atoms with Gasteiger partial charge in [0.15, 0.2) is 11.5 Å². The molecule has 0 aliphatic rings. The molecule has 0 aliphatic carbocycles. The van der Waals surface area contributed by atoms with Gasteiger partial charge in [0.05, 0.1) is 6.10 Å². The van der Waals surface area contributed by atoms with Crippen LogP contribution in [0.15, 0.2) is 17.7 Å². The summed E-state index contributed by atoms with van der Waals surface area (Å²) in [4.78, 5) is 13.9. The Balaban J connectivity index is 3.43. The SMILES string of the molecule is CCCCCCCCCCCCCCCC/C(C(=O)O)=C(/CCCCCCCCCCCCCCCC)c1ccc(O)c(OC(CCCCCCCCCCCCCCCC)CCCCCCCCCCCCCCCC)c1CCCCCCCCCCCCCCCC. The monoisotopic (exact) mass is 1320 g/mol. The standard InChI is InChI=1S/C90H170O4/c1-6-11-16-21-26-31-36-41-46-51-56-61-66-71-76-83(77-72-67-62-57-52-47-42-37-32-27-22-17-12-7-2)94-89-86(79-74-69-64-59-54-49-44-39-34-29-24-19-14-9-4)85(81-82-88(89)91)84(78-73-68-63-58-53-48-43-38-33-28-23-18-13-8-3)87(90(92)93)80-75-70-65-60-55-50-45-40-35-30-25-20-15-10-5/h81-83,91H,6-80H2,1-5H3,(H,92,93)/b87-84+. The number of phenolic OH excluding ortho intramolecular Hbond substituents is 1. The molecule has 0 atom stereocenters. The van der Waals surface area contributed by atoms with Crippen molar-refractivity contribution in [1.82, 2.24) is 0 Å². The molecule has 1 rings (SSSR count). The second-order valence-electron chi connectivity index (χ2n) is 30.8. The molecule has 0 saturated carbocycles. The number of carboxylic acid groups (broad SMARTS) is 1. The molecule has 0 saturated heterocycles. The van der Waals surface area contributed by atoms with E-state index in [2.05, 4.69) is 40.7 Å². The van der Waals surface area contributed by atoms with Crippen molar-refractivity contribution in [3.63, 3.8) is 0 Å². The van der Waals surface area contributed by atoms with E-state index in [-0.39, 0.29) is 11.9 Å². The van der Waals surface area contributed by atoms with Crippen molar-refractivity contribution < 1.29 is 19.7 Å². The molecule has 1 aromatic rings. The number of rotatable bonds is 79. The lowest BCUT2D eigenvalue weighted by atomic mass is 9.86. The number of unbranched alkanes of at least 4 members (excludes halogenated alkanes) is 65. The summed E-state index contributed by atoms with van der Waals surface area (Å²) in [6.07, 6.45) is 97.6. The van der Waals surface area contributed by atoms with E-state index in [0.717, 1.165) is 80.9 Å². The van der Waals surface area contributed by atoms with Crippen molar-refractivity contribution in [2.45, 2.75) is 522 Å². The van der Waals surface area contributed by atoms with Crippen LogP contribution in [0.3, 0.4) is 0 Å². The van der Waals surface area contributed by atoms with Gasteiger partial charge in [-0.1, -0.05) is 458 Å². The highest BCUT2D eigenvalue weighted by molar-refractivity contribution is 5.97. The largest absolute Gasteiger partial charge is 0.504 e. The first-order chi connectivity index (χ1) is 46.4. The Kier molecular flexibility index (Phi) is 70.6. The molecule has 4 nitrogen and oxygen atoms in total. The second-order valence-corrected chi connectivity index (χ2v) is 30.8. The third-order valence-corrected chi connectivity index (χ3v) is 21.6. The molecular weight excluding hydrogens is 1140 g/mol. The first-order valence-corrected chi connectivity index (χ1v) is 43.9. The summed E-state index contributed by atoms with van der Waals surface area (Å²) in [6, 6.07) is 4.03. The molecule has 2 N–H and O–H groups in total. The van der Waals surface area contributed by atoms with Crippen LogP contribution >= 0.6 is 0 Å². The van der Waals surface area contributed by atoms with E-state index >= 15 is 0 Å². The number of phenols is 1. The summed E-state index contributed by atoms with van der Waals surface area (Å²) in [5, 5.41) is 23.6. The van der Waals surface area contributed by atoms with Crippen LogP contribution in [0.2, 0.25) is 0 Å². The van der Waals surface area contributed by atoms with Gasteiger partial charge in [-0.05, 0) is 81.4 Å². The quantitative estimate of drug-likeness (QED) is 0.0504. The number of allylic oxidation sites excluding steroid dienone is 1. The summed E-state index contributed by atoms with van der Waals surface area (Å²) >= 11 is 0. The summed E-state index contributed by atoms with van der Waals surface area (Å²) in [5.41, 5.74) is 3.85. The maximum absolute atomic E-state index is 13.9. The summed E-state index contributed by atoms with van der Waals surface area (Å²) in [5.74, 6) is 0.213. The number of aromatic hydroxyl groups is 1. The predicted molar refractivity (Wildman–Crippen MR) is 421 cm³/mol. The molecule has 0 radical (unpaired) electrons. The van der Waals surface area contributed by atoms with Crippen molar-refractivity contribution in [3.8, 4) is 11.5 Å². The van der Waals surface area contributed by atoms with E-state index in [4.69, 9.17) is 4.74 Å². The minimum atomic E-state index is -0.735. The zero-order valence-electron chi connectivity index (χ0n) is 65.0. The molecular formula is C90H170O4. The van der Waals surface area contributed by atoms with Crippen LogP contribution < -0.4 is 4.74 Å². The van der Waals surface area contributed by atoms with Gasteiger partial charge >= 0.3 is 5.97 Å². The van der Waals surface area contributed by atoms with Gasteiger partial charge < -0.3 is 14.9 Å². The normalized spacial score (nSPS) is 12.1. The Bertz CT molecular complexity index is 1680. The number of carbonyl (C=O) groups is 1. The van der Waals surface area contributed by atoms with Gasteiger partial charge in [-0.3, -0.25) is 0 Å². The Hall–Kier alpha value is -1.97. The van der Waals surface area contributed by atoms with Crippen LogP contribution in [0.25, 0.3) is 5.57 Å².